The molecule has 1 rings (SSSR count). The summed E-state index contributed by atoms with van der Waals surface area (Å²) in [6, 6.07) is 0. The van der Waals surface area contributed by atoms with Gasteiger partial charge in [0.2, 0.25) is 5.91 Å². The number of nitrogens with zero attached hydrogens (tertiary/aromatic N) is 2. The molecule has 1 fully saturated rings. The molecule has 0 aromatic carbocycles. The van der Waals surface area contributed by atoms with Gasteiger partial charge in [0.05, 0.1) is 27.2 Å². The Balaban J connectivity index is 2.02. The molecule has 7 nitrogen and oxygen atoms in total. The van der Waals surface area contributed by atoms with Crippen LogP contribution in [0.5, 0.6) is 0 Å². The Hall–Kier alpha value is -0.460. The second kappa shape index (κ2) is 17.0. The molecule has 0 aliphatic carbocycles. The lowest BCUT2D eigenvalue weighted by molar-refractivity contribution is -0.870. The normalized spacial score (nSPS) is 18.6. The fourth-order valence-electron chi connectivity index (χ4n) is 4.13. The van der Waals surface area contributed by atoms with Gasteiger partial charge in [-0.3, -0.25) is 9.36 Å². The number of carbonyl (C=O) groups excluding carboxylic acids is 1. The van der Waals surface area contributed by atoms with Gasteiger partial charge in [-0.2, -0.15) is 0 Å². The van der Waals surface area contributed by atoms with Crippen LogP contribution < -0.4 is 4.89 Å². The molecule has 0 saturated carbocycles. The fraction of sp³-hybridized carbons (Fsp3) is 0.960. The molecule has 1 saturated heterocycles. The van der Waals surface area contributed by atoms with Crippen LogP contribution >= 0.6 is 7.82 Å². The number of amides is 1. The van der Waals surface area contributed by atoms with E-state index < -0.39 is 13.9 Å². The molecular weight excluding hydrogens is 439 g/mol. The van der Waals surface area contributed by atoms with Gasteiger partial charge in [-0.25, -0.2) is 0 Å². The lowest BCUT2D eigenvalue weighted by Gasteiger charge is -2.29. The maximum absolute atomic E-state index is 12.4. The number of phosphoric acid groups is 1. The molecule has 2 atom stereocenters. The zero-order valence-corrected chi connectivity index (χ0v) is 22.8. The zero-order valence-electron chi connectivity index (χ0n) is 21.9. The highest BCUT2D eigenvalue weighted by atomic mass is 31.2. The molecule has 1 amide bonds. The van der Waals surface area contributed by atoms with Crippen LogP contribution in [0.25, 0.3) is 0 Å². The molecule has 0 aromatic heterocycles. The maximum atomic E-state index is 12.4. The molecule has 0 radical (unpaired) electrons. The van der Waals surface area contributed by atoms with Crippen LogP contribution in [0.3, 0.4) is 0 Å². The summed E-state index contributed by atoms with van der Waals surface area (Å²) in [5, 5.41) is 0. The highest BCUT2D eigenvalue weighted by Gasteiger charge is 2.29. The fourth-order valence-corrected chi connectivity index (χ4v) is 5.04. The van der Waals surface area contributed by atoms with Crippen molar-refractivity contribution in [3.63, 3.8) is 0 Å². The van der Waals surface area contributed by atoms with E-state index in [1.165, 1.54) is 70.6 Å². The molecule has 1 unspecified atom stereocenters. The molecule has 0 spiro atoms. The van der Waals surface area contributed by atoms with E-state index in [1.54, 1.807) is 4.90 Å². The Morgan fingerprint density at radius 2 is 1.45 bits per heavy atom. The molecule has 196 valence electrons. The van der Waals surface area contributed by atoms with Crippen LogP contribution in [0.2, 0.25) is 0 Å². The zero-order chi connectivity index (χ0) is 24.6. The van der Waals surface area contributed by atoms with Crippen molar-refractivity contribution in [2.45, 2.75) is 109 Å². The Morgan fingerprint density at radius 3 is 1.97 bits per heavy atom. The topological polar surface area (TPSA) is 78.9 Å². The van der Waals surface area contributed by atoms with Gasteiger partial charge < -0.3 is 23.3 Å². The number of hydrogen-bond donors (Lipinski definition) is 0. The Bertz CT molecular complexity index is 567. The van der Waals surface area contributed by atoms with Crippen molar-refractivity contribution in [3.05, 3.63) is 0 Å². The molecule has 1 aliphatic heterocycles. The van der Waals surface area contributed by atoms with Crippen LogP contribution in [0.1, 0.15) is 103 Å². The van der Waals surface area contributed by atoms with E-state index >= 15 is 0 Å². The van der Waals surface area contributed by atoms with Crippen LogP contribution in [0.15, 0.2) is 0 Å². The number of carbonyl (C=O) groups is 1. The average molecular weight is 491 g/mol. The number of quaternary nitrogens is 1. The van der Waals surface area contributed by atoms with Gasteiger partial charge in [-0.05, 0) is 12.8 Å². The van der Waals surface area contributed by atoms with Crippen molar-refractivity contribution in [2.24, 2.45) is 0 Å². The van der Waals surface area contributed by atoms with Crippen molar-refractivity contribution in [1.82, 2.24) is 4.90 Å². The lowest BCUT2D eigenvalue weighted by Crippen LogP contribution is -2.37. The number of likely N-dealkylation sites (N-methyl/N-ethyl adjacent to an activating group) is 1. The Kier molecular flexibility index (Phi) is 15.8. The molecule has 0 N–H and O–H groups in total. The summed E-state index contributed by atoms with van der Waals surface area (Å²) in [5.41, 5.74) is 0. The number of rotatable bonds is 20. The van der Waals surface area contributed by atoms with Crippen LogP contribution in [-0.2, 0) is 18.4 Å². The van der Waals surface area contributed by atoms with Crippen molar-refractivity contribution >= 4 is 13.7 Å². The first-order valence-electron chi connectivity index (χ1n) is 13.3. The van der Waals surface area contributed by atoms with Crippen molar-refractivity contribution in [1.29, 1.82) is 0 Å². The highest BCUT2D eigenvalue weighted by molar-refractivity contribution is 7.45. The van der Waals surface area contributed by atoms with E-state index in [0.717, 1.165) is 12.8 Å². The van der Waals surface area contributed by atoms with E-state index in [-0.39, 0.29) is 12.5 Å². The summed E-state index contributed by atoms with van der Waals surface area (Å²) in [7, 11) is 1.58. The number of hydrogen-bond acceptors (Lipinski definition) is 5. The molecule has 0 aromatic rings. The predicted octanol–water partition coefficient (Wildman–Crippen LogP) is 5.28. The van der Waals surface area contributed by atoms with Crippen molar-refractivity contribution in [3.8, 4) is 0 Å². The number of likely N-dealkylation sites (tertiary alicyclic amines) is 1. The predicted molar refractivity (Wildman–Crippen MR) is 133 cm³/mol. The van der Waals surface area contributed by atoms with Gasteiger partial charge in [0.25, 0.3) is 7.82 Å². The lowest BCUT2D eigenvalue weighted by atomic mass is 10.0. The van der Waals surface area contributed by atoms with Crippen LogP contribution in [0.4, 0.5) is 0 Å². The number of unbranched alkanes of at least 4 members (excludes halogenated alkanes) is 12. The first-order valence-corrected chi connectivity index (χ1v) is 14.8. The summed E-state index contributed by atoms with van der Waals surface area (Å²) >= 11 is 0. The van der Waals surface area contributed by atoms with Crippen molar-refractivity contribution < 1.29 is 27.8 Å². The largest absolute Gasteiger partial charge is 0.756 e. The standard InChI is InChI=1S/C25H51N2O5P/c1-5-6-7-8-9-10-11-12-13-14-15-16-17-18-25(28)26-20-19-24(23-26)32-33(29,30)31-22-21-27(2,3)4/h24H,5-23H2,1-4H3/t24-/m1/s1. The van der Waals surface area contributed by atoms with Crippen LogP contribution in [-0.4, -0.2) is 68.8 Å². The van der Waals surface area contributed by atoms with E-state index in [4.69, 9.17) is 9.05 Å². The summed E-state index contributed by atoms with van der Waals surface area (Å²) in [6.45, 7) is 3.82. The SMILES string of the molecule is CCCCCCCCCCCCCCCC(=O)N1CC[C@@H](OP(=O)([O-])OCC[N+](C)(C)C)C1. The van der Waals surface area contributed by atoms with Crippen LogP contribution in [0, 0.1) is 0 Å². The van der Waals surface area contributed by atoms with Gasteiger partial charge in [0.15, 0.2) is 0 Å². The minimum absolute atomic E-state index is 0.0959. The second-order valence-electron chi connectivity index (χ2n) is 10.6. The number of phosphoric ester groups is 1. The van der Waals surface area contributed by atoms with Gasteiger partial charge in [0, 0.05) is 19.5 Å². The molecule has 1 aliphatic rings. The molecule has 1 heterocycles. The smallest absolute Gasteiger partial charge is 0.268 e. The second-order valence-corrected chi connectivity index (χ2v) is 12.0. The molecular formula is C25H51N2O5P. The quantitative estimate of drug-likeness (QED) is 0.132. The summed E-state index contributed by atoms with van der Waals surface area (Å²) < 4.78 is 22.8. The van der Waals surface area contributed by atoms with Gasteiger partial charge in [-0.15, -0.1) is 0 Å². The third-order valence-corrected chi connectivity index (χ3v) is 7.34. The first-order chi connectivity index (χ1) is 15.6. The summed E-state index contributed by atoms with van der Waals surface area (Å²) in [4.78, 5) is 26.2. The summed E-state index contributed by atoms with van der Waals surface area (Å²) in [6.07, 6.45) is 17.3. The van der Waals surface area contributed by atoms with Crippen molar-refractivity contribution in [2.75, 3.05) is 47.4 Å². The average Bonchev–Trinajstić information content (AvgIpc) is 3.18. The van der Waals surface area contributed by atoms with E-state index in [1.807, 2.05) is 21.1 Å². The monoisotopic (exact) mass is 490 g/mol. The first kappa shape index (κ1) is 30.6. The van der Waals surface area contributed by atoms with E-state index in [9.17, 15) is 14.3 Å². The molecule has 33 heavy (non-hydrogen) atoms. The third kappa shape index (κ3) is 16.7. The Morgan fingerprint density at radius 1 is 0.939 bits per heavy atom. The van der Waals surface area contributed by atoms with Gasteiger partial charge >= 0.3 is 0 Å². The van der Waals surface area contributed by atoms with Gasteiger partial charge in [-0.1, -0.05) is 84.0 Å². The van der Waals surface area contributed by atoms with E-state index in [0.29, 0.717) is 37.0 Å². The Labute approximate surface area is 203 Å². The minimum Gasteiger partial charge on any atom is -0.756 e. The van der Waals surface area contributed by atoms with E-state index in [2.05, 4.69) is 6.92 Å². The molecule has 8 heteroatoms. The minimum atomic E-state index is -4.33. The third-order valence-electron chi connectivity index (χ3n) is 6.28. The molecule has 0 bridgehead atoms. The van der Waals surface area contributed by atoms with Gasteiger partial charge in [0.1, 0.15) is 13.2 Å². The summed E-state index contributed by atoms with van der Waals surface area (Å²) in [5.74, 6) is 0.107. The maximum Gasteiger partial charge on any atom is 0.268 e. The highest BCUT2D eigenvalue weighted by Crippen LogP contribution is 2.41.